The van der Waals surface area contributed by atoms with Gasteiger partial charge in [0.2, 0.25) is 0 Å². The second kappa shape index (κ2) is 18.0. The van der Waals surface area contributed by atoms with Crippen molar-refractivity contribution < 1.29 is 34.3 Å². The van der Waals surface area contributed by atoms with Crippen molar-refractivity contribution in [2.24, 2.45) is 11.1 Å². The molecule has 58 heavy (non-hydrogen) atoms. The molecule has 0 amide bonds. The minimum atomic E-state index is -0.988. The number of halogens is 1. The van der Waals surface area contributed by atoms with E-state index in [1.54, 1.807) is 36.4 Å². The van der Waals surface area contributed by atoms with Crippen molar-refractivity contribution in [3.63, 3.8) is 0 Å². The number of nitrogens with two attached hydrogens (primary N) is 1. The first-order valence-corrected chi connectivity index (χ1v) is 20.1. The van der Waals surface area contributed by atoms with Crippen molar-refractivity contribution in [1.82, 2.24) is 0 Å². The summed E-state index contributed by atoms with van der Waals surface area (Å²) < 4.78 is 0. The molecule has 0 bridgehead atoms. The number of fused-ring (bicyclic) bond motifs is 2. The van der Waals surface area contributed by atoms with Crippen molar-refractivity contribution >= 4 is 35.0 Å². The van der Waals surface area contributed by atoms with Crippen LogP contribution in [0.3, 0.4) is 0 Å². The van der Waals surface area contributed by atoms with E-state index in [1.165, 1.54) is 47.9 Å². The smallest absolute Gasteiger partial charge is 0.335 e. The average molecular weight is 811 g/mol. The van der Waals surface area contributed by atoms with Gasteiger partial charge in [0.25, 0.3) is 0 Å². The first-order chi connectivity index (χ1) is 27.0. The van der Waals surface area contributed by atoms with Gasteiger partial charge in [0.15, 0.2) is 5.78 Å². The Balaban J connectivity index is 0.000000236. The van der Waals surface area contributed by atoms with E-state index in [0.717, 1.165) is 47.2 Å². The lowest BCUT2D eigenvalue weighted by molar-refractivity contribution is 0.0686. The number of carboxylic acids is 2. The highest BCUT2D eigenvalue weighted by atomic mass is 35.5. The van der Waals surface area contributed by atoms with E-state index in [4.69, 9.17) is 26.7 Å². The largest absolute Gasteiger partial charge is 0.478 e. The highest BCUT2D eigenvalue weighted by molar-refractivity contribution is 6.17. The zero-order valence-electron chi connectivity index (χ0n) is 35.8. The number of aromatic carboxylic acids is 2. The third-order valence-electron chi connectivity index (χ3n) is 11.9. The summed E-state index contributed by atoms with van der Waals surface area (Å²) in [5.41, 5.74) is 12.1. The Morgan fingerprint density at radius 1 is 0.603 bits per heavy atom. The van der Waals surface area contributed by atoms with E-state index in [1.807, 2.05) is 6.92 Å². The van der Waals surface area contributed by atoms with E-state index < -0.39 is 11.9 Å². The minimum Gasteiger partial charge on any atom is -0.478 e. The van der Waals surface area contributed by atoms with Gasteiger partial charge in [-0.1, -0.05) is 109 Å². The first-order valence-electron chi connectivity index (χ1n) is 19.5. The standard InChI is InChI=1S/C24H29NO3.C23H26O3.CH4ClNO/c1-15-13-19-20(24(4,5)12-11-23(19,2)3)14-18(15)21(25-28-6)16-7-9-17(10-8-16)22(26)27;1-14-12-18-19(23(4,5)11-10-22(18,2)3)13-17(14)20(24)15-6-8-16(9-7-15)21(25)26;2-1-4-3/h7-10,13-14H,11-12H2,1-6H3,(H,26,27);6-9,12-13H,10-11H2,1-5H3,(H,25,26);1,3H2/b25-21+;;. The number of aryl methyl sites for hydroxylation is 2. The van der Waals surface area contributed by atoms with Crippen molar-refractivity contribution in [2.75, 3.05) is 13.2 Å². The van der Waals surface area contributed by atoms with Gasteiger partial charge < -0.3 is 15.1 Å². The minimum absolute atomic E-state index is 0.0424. The third kappa shape index (κ3) is 10.1. The molecule has 9 nitrogen and oxygen atoms in total. The number of oxime groups is 1. The van der Waals surface area contributed by atoms with Gasteiger partial charge in [0.1, 0.15) is 18.9 Å². The molecule has 0 atom stereocenters. The van der Waals surface area contributed by atoms with Gasteiger partial charge in [-0.25, -0.2) is 15.5 Å². The van der Waals surface area contributed by atoms with E-state index in [-0.39, 0.29) is 44.6 Å². The van der Waals surface area contributed by atoms with Crippen LogP contribution < -0.4 is 5.90 Å². The Morgan fingerprint density at radius 3 is 1.26 bits per heavy atom. The molecule has 0 aromatic heterocycles. The second-order valence-electron chi connectivity index (χ2n) is 18.0. The molecular formula is C48H59ClN2O7. The Morgan fingerprint density at radius 2 is 0.914 bits per heavy atom. The molecule has 0 fully saturated rings. The predicted molar refractivity (Wildman–Crippen MR) is 232 cm³/mol. The van der Waals surface area contributed by atoms with Gasteiger partial charge in [-0.15, -0.1) is 0 Å². The average Bonchev–Trinajstić information content (AvgIpc) is 3.17. The van der Waals surface area contributed by atoms with E-state index in [2.05, 4.69) is 102 Å². The first kappa shape index (κ1) is 45.9. The normalized spacial score (nSPS) is 16.9. The lowest BCUT2D eigenvalue weighted by atomic mass is 9.62. The number of hydrogen-bond acceptors (Lipinski definition) is 7. The molecule has 4 aromatic rings. The van der Waals surface area contributed by atoms with Gasteiger partial charge in [-0.05, 0) is 131 Å². The predicted octanol–water partition coefficient (Wildman–Crippen LogP) is 10.8. The lowest BCUT2D eigenvalue weighted by Crippen LogP contribution is -2.34. The summed E-state index contributed by atoms with van der Waals surface area (Å²) >= 11 is 4.84. The van der Waals surface area contributed by atoms with Crippen molar-refractivity contribution in [1.29, 1.82) is 0 Å². The van der Waals surface area contributed by atoms with Crippen LogP contribution in [0.25, 0.3) is 0 Å². The molecule has 0 unspecified atom stereocenters. The fourth-order valence-corrected chi connectivity index (χ4v) is 7.98. The number of carbonyl (C=O) groups is 3. The van der Waals surface area contributed by atoms with Crippen LogP contribution >= 0.6 is 11.6 Å². The second-order valence-corrected chi connectivity index (χ2v) is 18.2. The fraction of sp³-hybridized carbons (Fsp3) is 0.417. The van der Waals surface area contributed by atoms with Gasteiger partial charge in [-0.2, -0.15) is 0 Å². The van der Waals surface area contributed by atoms with Gasteiger partial charge in [0.05, 0.1) is 11.1 Å². The molecule has 2 aliphatic carbocycles. The Kier molecular flexibility index (Phi) is 14.2. The maximum absolute atomic E-state index is 13.1. The quantitative estimate of drug-likeness (QED) is 0.0689. The molecule has 0 aliphatic heterocycles. The van der Waals surface area contributed by atoms with Crippen molar-refractivity contribution in [2.45, 2.75) is 117 Å². The zero-order valence-corrected chi connectivity index (χ0v) is 36.6. The van der Waals surface area contributed by atoms with Crippen LogP contribution in [0, 0.1) is 13.8 Å². The number of benzene rings is 4. The van der Waals surface area contributed by atoms with E-state index in [0.29, 0.717) is 11.1 Å². The number of ketones is 1. The summed E-state index contributed by atoms with van der Waals surface area (Å²) in [5, 5.41) is 22.5. The molecule has 6 rings (SSSR count). The number of rotatable bonds is 8. The van der Waals surface area contributed by atoms with Gasteiger partial charge in [-0.3, -0.25) is 9.63 Å². The fourth-order valence-electron chi connectivity index (χ4n) is 7.98. The van der Waals surface area contributed by atoms with Gasteiger partial charge >= 0.3 is 11.9 Å². The van der Waals surface area contributed by atoms with E-state index >= 15 is 0 Å². The topological polar surface area (TPSA) is 149 Å². The molecule has 310 valence electrons. The Labute approximate surface area is 348 Å². The third-order valence-corrected chi connectivity index (χ3v) is 12.1. The molecular weight excluding hydrogens is 752 g/mol. The molecule has 10 heteroatoms. The lowest BCUT2D eigenvalue weighted by Gasteiger charge is -2.42. The van der Waals surface area contributed by atoms with Crippen molar-refractivity contribution in [3.8, 4) is 0 Å². The summed E-state index contributed by atoms with van der Waals surface area (Å²) in [6.07, 6.45) is 4.54. The maximum Gasteiger partial charge on any atom is 0.335 e. The van der Waals surface area contributed by atoms with Crippen LogP contribution in [0.4, 0.5) is 0 Å². The molecule has 4 aromatic carbocycles. The molecule has 0 radical (unpaired) electrons. The summed E-state index contributed by atoms with van der Waals surface area (Å²) in [4.78, 5) is 44.2. The Bertz CT molecular complexity index is 2180. The summed E-state index contributed by atoms with van der Waals surface area (Å²) in [6.45, 7) is 22.3. The monoisotopic (exact) mass is 810 g/mol. The highest BCUT2D eigenvalue weighted by Crippen LogP contribution is 2.48. The highest BCUT2D eigenvalue weighted by Gasteiger charge is 2.39. The van der Waals surface area contributed by atoms with Crippen molar-refractivity contribution in [3.05, 3.63) is 140 Å². The SMILES string of the molecule is CO/N=C(\c1ccc(C(=O)O)cc1)c1cc2c(cc1C)C(C)(C)CCC2(C)C.Cc1cc2c(cc1C(=O)c1ccc(C(=O)O)cc1)C(C)(C)CCC2(C)C.NOCCl. The molecule has 0 saturated carbocycles. The number of alkyl halides is 1. The molecule has 0 saturated heterocycles. The van der Waals surface area contributed by atoms with Crippen LogP contribution in [-0.2, 0) is 31.3 Å². The summed E-state index contributed by atoms with van der Waals surface area (Å²) in [5.74, 6) is 2.41. The van der Waals surface area contributed by atoms with Crippen LogP contribution in [0.15, 0.2) is 78.0 Å². The number of hydrogen-bond donors (Lipinski definition) is 3. The number of nitrogens with zero attached hydrogens (tertiary/aromatic N) is 1. The van der Waals surface area contributed by atoms with Crippen LogP contribution in [0.1, 0.15) is 162 Å². The maximum atomic E-state index is 13.1. The van der Waals surface area contributed by atoms with Gasteiger partial charge in [0, 0.05) is 22.3 Å². The summed E-state index contributed by atoms with van der Waals surface area (Å²) in [6, 6.07) is 21.8. The van der Waals surface area contributed by atoms with E-state index in [9.17, 15) is 14.4 Å². The molecule has 0 heterocycles. The Hall–Kier alpha value is -4.83. The summed E-state index contributed by atoms with van der Waals surface area (Å²) in [7, 11) is 1.53. The van der Waals surface area contributed by atoms with Crippen LogP contribution in [-0.4, -0.2) is 46.8 Å². The molecule has 4 N–H and O–H groups in total. The van der Waals surface area contributed by atoms with Crippen LogP contribution in [0.5, 0.6) is 0 Å². The van der Waals surface area contributed by atoms with Crippen LogP contribution in [0.2, 0.25) is 0 Å². The molecule has 2 aliphatic rings. The number of carbonyl (C=O) groups excluding carboxylic acids is 1. The molecule has 0 spiro atoms. The zero-order chi connectivity index (χ0) is 43.4. The number of carboxylic acid groups (broad SMARTS) is 2.